The summed E-state index contributed by atoms with van der Waals surface area (Å²) in [6.07, 6.45) is 1.01. The predicted octanol–water partition coefficient (Wildman–Crippen LogP) is 2.62. The van der Waals surface area contributed by atoms with E-state index in [4.69, 9.17) is 4.74 Å². The molecule has 0 radical (unpaired) electrons. The molecule has 4 nitrogen and oxygen atoms in total. The summed E-state index contributed by atoms with van der Waals surface area (Å²) < 4.78 is 5.06. The van der Waals surface area contributed by atoms with Crippen molar-refractivity contribution in [3.8, 4) is 11.5 Å². The molecule has 0 amide bonds. The third-order valence-corrected chi connectivity index (χ3v) is 3.14. The number of rotatable bonds is 5. The summed E-state index contributed by atoms with van der Waals surface area (Å²) in [6, 6.07) is 3.57. The fourth-order valence-electron chi connectivity index (χ4n) is 1.87. The monoisotopic (exact) mass is 252 g/mol. The number of aryl methyl sites for hydroxylation is 1. The van der Waals surface area contributed by atoms with Gasteiger partial charge in [-0.1, -0.05) is 13.0 Å². The van der Waals surface area contributed by atoms with Gasteiger partial charge in [-0.15, -0.1) is 0 Å². The first-order valence-corrected chi connectivity index (χ1v) is 5.94. The average molecular weight is 252 g/mol. The lowest BCUT2D eigenvalue weighted by atomic mass is 9.83. The van der Waals surface area contributed by atoms with Gasteiger partial charge < -0.3 is 14.9 Å². The number of benzene rings is 1. The molecule has 18 heavy (non-hydrogen) atoms. The molecule has 0 saturated carbocycles. The molecule has 0 spiro atoms. The van der Waals surface area contributed by atoms with Gasteiger partial charge in [0.1, 0.15) is 0 Å². The first kappa shape index (κ1) is 14.4. The van der Waals surface area contributed by atoms with Crippen molar-refractivity contribution in [2.24, 2.45) is 5.41 Å². The molecule has 2 N–H and O–H groups in total. The van der Waals surface area contributed by atoms with E-state index >= 15 is 0 Å². The van der Waals surface area contributed by atoms with Crippen LogP contribution < -0.4 is 4.74 Å². The summed E-state index contributed by atoms with van der Waals surface area (Å²) in [5, 5.41) is 19.3. The van der Waals surface area contributed by atoms with Crippen molar-refractivity contribution >= 4 is 5.97 Å². The standard InChI is InChI=1S/C14H20O4/c1-5-9-6-7-11(18-4)12(15)10(9)8-14(2,3)13(16)17/h6-7,15H,5,8H2,1-4H3,(H,16,17). The zero-order chi connectivity index (χ0) is 13.9. The summed E-state index contributed by atoms with van der Waals surface area (Å²) >= 11 is 0. The van der Waals surface area contributed by atoms with E-state index in [-0.39, 0.29) is 12.2 Å². The maximum atomic E-state index is 11.2. The Hall–Kier alpha value is -1.71. The molecule has 0 unspecified atom stereocenters. The van der Waals surface area contributed by atoms with Crippen LogP contribution in [-0.2, 0) is 17.6 Å². The van der Waals surface area contributed by atoms with Crippen LogP contribution in [-0.4, -0.2) is 23.3 Å². The molecule has 4 heteroatoms. The minimum atomic E-state index is -0.923. The molecule has 0 saturated heterocycles. The number of carboxylic acids is 1. The second kappa shape index (κ2) is 5.29. The second-order valence-electron chi connectivity index (χ2n) is 4.97. The van der Waals surface area contributed by atoms with Crippen molar-refractivity contribution in [1.29, 1.82) is 0 Å². The van der Waals surface area contributed by atoms with Gasteiger partial charge in [-0.2, -0.15) is 0 Å². The molecule has 0 aliphatic rings. The highest BCUT2D eigenvalue weighted by atomic mass is 16.5. The molecule has 0 bridgehead atoms. The molecule has 0 fully saturated rings. The summed E-state index contributed by atoms with van der Waals surface area (Å²) in [7, 11) is 1.48. The maximum absolute atomic E-state index is 11.2. The lowest BCUT2D eigenvalue weighted by Gasteiger charge is -2.22. The molecule has 1 aromatic carbocycles. The fraction of sp³-hybridized carbons (Fsp3) is 0.500. The van der Waals surface area contributed by atoms with E-state index in [9.17, 15) is 15.0 Å². The molecule has 1 rings (SSSR count). The van der Waals surface area contributed by atoms with Crippen LogP contribution in [0.1, 0.15) is 31.9 Å². The smallest absolute Gasteiger partial charge is 0.309 e. The van der Waals surface area contributed by atoms with Crippen molar-refractivity contribution in [3.05, 3.63) is 23.3 Å². The zero-order valence-corrected chi connectivity index (χ0v) is 11.3. The molecular formula is C14H20O4. The molecule has 0 aromatic heterocycles. The van der Waals surface area contributed by atoms with E-state index in [2.05, 4.69) is 0 Å². The molecule has 0 aliphatic carbocycles. The average Bonchev–Trinajstić information content (AvgIpc) is 2.31. The van der Waals surface area contributed by atoms with Crippen molar-refractivity contribution < 1.29 is 19.7 Å². The van der Waals surface area contributed by atoms with E-state index in [0.29, 0.717) is 11.3 Å². The van der Waals surface area contributed by atoms with Gasteiger partial charge in [0.05, 0.1) is 12.5 Å². The fourth-order valence-corrected chi connectivity index (χ4v) is 1.87. The van der Waals surface area contributed by atoms with Crippen molar-refractivity contribution in [3.63, 3.8) is 0 Å². The van der Waals surface area contributed by atoms with Crippen molar-refractivity contribution in [2.45, 2.75) is 33.6 Å². The molecule has 0 atom stereocenters. The van der Waals surface area contributed by atoms with E-state index < -0.39 is 11.4 Å². The molecule has 1 aromatic rings. The van der Waals surface area contributed by atoms with Gasteiger partial charge in [0.15, 0.2) is 11.5 Å². The van der Waals surface area contributed by atoms with Gasteiger partial charge in [0.2, 0.25) is 0 Å². The number of phenols is 1. The highest BCUT2D eigenvalue weighted by molar-refractivity contribution is 5.74. The van der Waals surface area contributed by atoms with Crippen LogP contribution in [0.25, 0.3) is 0 Å². The quantitative estimate of drug-likeness (QED) is 0.845. The third kappa shape index (κ3) is 2.75. The van der Waals surface area contributed by atoms with E-state index in [1.54, 1.807) is 19.9 Å². The van der Waals surface area contributed by atoms with Crippen LogP contribution >= 0.6 is 0 Å². The maximum Gasteiger partial charge on any atom is 0.309 e. The van der Waals surface area contributed by atoms with Gasteiger partial charge in [-0.05, 0) is 38.3 Å². The first-order valence-electron chi connectivity index (χ1n) is 5.94. The van der Waals surface area contributed by atoms with Crippen LogP contribution in [0.3, 0.4) is 0 Å². The van der Waals surface area contributed by atoms with Gasteiger partial charge in [-0.3, -0.25) is 4.79 Å². The molecule has 0 aliphatic heterocycles. The minimum absolute atomic E-state index is 0.0474. The highest BCUT2D eigenvalue weighted by Gasteiger charge is 2.30. The Labute approximate surface area is 107 Å². The molecular weight excluding hydrogens is 232 g/mol. The Balaban J connectivity index is 3.25. The normalized spacial score (nSPS) is 11.3. The van der Waals surface area contributed by atoms with E-state index in [0.717, 1.165) is 12.0 Å². The van der Waals surface area contributed by atoms with Gasteiger partial charge >= 0.3 is 5.97 Å². The summed E-state index contributed by atoms with van der Waals surface area (Å²) in [5.74, 6) is -0.457. The van der Waals surface area contributed by atoms with Crippen LogP contribution in [0.2, 0.25) is 0 Å². The number of carbonyl (C=O) groups is 1. The number of methoxy groups -OCH3 is 1. The van der Waals surface area contributed by atoms with Crippen molar-refractivity contribution in [2.75, 3.05) is 7.11 Å². The summed E-state index contributed by atoms with van der Waals surface area (Å²) in [5.41, 5.74) is 0.681. The Kier molecular flexibility index (Phi) is 4.22. The lowest BCUT2D eigenvalue weighted by molar-refractivity contribution is -0.146. The van der Waals surface area contributed by atoms with Gasteiger partial charge in [0, 0.05) is 5.56 Å². The Morgan fingerprint density at radius 1 is 1.39 bits per heavy atom. The molecule has 100 valence electrons. The summed E-state index contributed by atoms with van der Waals surface area (Å²) in [4.78, 5) is 11.2. The lowest BCUT2D eigenvalue weighted by Crippen LogP contribution is -2.26. The van der Waals surface area contributed by atoms with Crippen LogP contribution in [0.15, 0.2) is 12.1 Å². The summed E-state index contributed by atoms with van der Waals surface area (Å²) in [6.45, 7) is 5.26. The number of aliphatic carboxylic acids is 1. The Bertz CT molecular complexity index is 449. The predicted molar refractivity (Wildman–Crippen MR) is 69.2 cm³/mol. The van der Waals surface area contributed by atoms with Crippen LogP contribution in [0.5, 0.6) is 11.5 Å². The Morgan fingerprint density at radius 2 is 2.00 bits per heavy atom. The number of aromatic hydroxyl groups is 1. The zero-order valence-electron chi connectivity index (χ0n) is 11.3. The number of carboxylic acid groups (broad SMARTS) is 1. The third-order valence-electron chi connectivity index (χ3n) is 3.14. The van der Waals surface area contributed by atoms with Gasteiger partial charge in [0.25, 0.3) is 0 Å². The number of phenolic OH excluding ortho intramolecular Hbond substituents is 1. The van der Waals surface area contributed by atoms with Crippen LogP contribution in [0, 0.1) is 5.41 Å². The largest absolute Gasteiger partial charge is 0.504 e. The van der Waals surface area contributed by atoms with Gasteiger partial charge in [-0.25, -0.2) is 0 Å². The first-order chi connectivity index (χ1) is 8.33. The van der Waals surface area contributed by atoms with Crippen LogP contribution in [0.4, 0.5) is 0 Å². The molecule has 0 heterocycles. The SMILES string of the molecule is CCc1ccc(OC)c(O)c1CC(C)(C)C(=O)O. The number of ether oxygens (including phenoxy) is 1. The van der Waals surface area contributed by atoms with E-state index in [1.807, 2.05) is 13.0 Å². The second-order valence-corrected chi connectivity index (χ2v) is 4.97. The van der Waals surface area contributed by atoms with E-state index in [1.165, 1.54) is 7.11 Å². The Morgan fingerprint density at radius 3 is 2.44 bits per heavy atom. The number of hydrogen-bond donors (Lipinski definition) is 2. The topological polar surface area (TPSA) is 66.8 Å². The highest BCUT2D eigenvalue weighted by Crippen LogP contribution is 2.36. The van der Waals surface area contributed by atoms with Crippen molar-refractivity contribution in [1.82, 2.24) is 0 Å². The number of hydrogen-bond acceptors (Lipinski definition) is 3. The minimum Gasteiger partial charge on any atom is -0.504 e.